The Balaban J connectivity index is 1.33. The van der Waals surface area contributed by atoms with Gasteiger partial charge in [-0.2, -0.15) is 0 Å². The molecule has 1 amide bonds. The molecule has 2 heterocycles. The van der Waals surface area contributed by atoms with Gasteiger partial charge in [-0.05, 0) is 62.6 Å². The van der Waals surface area contributed by atoms with Crippen LogP contribution in [0, 0.1) is 5.92 Å². The number of Topliss-reactive ketones (excluding diaryl/α,β-unsaturated/α-hetero) is 1. The molecule has 1 fully saturated rings. The van der Waals surface area contributed by atoms with Gasteiger partial charge in [0.05, 0.1) is 12.7 Å². The predicted octanol–water partition coefficient (Wildman–Crippen LogP) is 4.12. The summed E-state index contributed by atoms with van der Waals surface area (Å²) in [6.07, 6.45) is 1.51. The number of fused-ring (bicyclic) bond motifs is 1. The summed E-state index contributed by atoms with van der Waals surface area (Å²) in [5.41, 5.74) is 2.37. The molecule has 1 saturated heterocycles. The van der Waals surface area contributed by atoms with E-state index in [1.807, 2.05) is 43.0 Å². The first-order chi connectivity index (χ1) is 15.0. The molecule has 2 aromatic rings. The van der Waals surface area contributed by atoms with Crippen LogP contribution in [-0.2, 0) is 11.3 Å². The molecule has 0 bridgehead atoms. The van der Waals surface area contributed by atoms with Crippen molar-refractivity contribution in [2.75, 3.05) is 26.3 Å². The summed E-state index contributed by atoms with van der Waals surface area (Å²) in [6, 6.07) is 13.0. The number of ketones is 1. The van der Waals surface area contributed by atoms with Crippen LogP contribution in [0.5, 0.6) is 11.5 Å². The van der Waals surface area contributed by atoms with Crippen molar-refractivity contribution < 1.29 is 23.8 Å². The Labute approximate surface area is 183 Å². The van der Waals surface area contributed by atoms with Crippen LogP contribution >= 0.6 is 0 Å². The number of hydrogen-bond acceptors (Lipinski definition) is 5. The van der Waals surface area contributed by atoms with Crippen LogP contribution in [0.25, 0.3) is 0 Å². The van der Waals surface area contributed by atoms with Gasteiger partial charge >= 0.3 is 0 Å². The molecule has 6 heteroatoms. The normalized spacial score (nSPS) is 16.4. The Kier molecular flexibility index (Phi) is 6.56. The van der Waals surface area contributed by atoms with Crippen LogP contribution in [-0.4, -0.2) is 49.0 Å². The third-order valence-corrected chi connectivity index (χ3v) is 5.76. The van der Waals surface area contributed by atoms with Gasteiger partial charge in [0.1, 0.15) is 13.2 Å². The summed E-state index contributed by atoms with van der Waals surface area (Å²) >= 11 is 0. The number of likely N-dealkylation sites (tertiary alicyclic amines) is 1. The fourth-order valence-corrected chi connectivity index (χ4v) is 3.97. The summed E-state index contributed by atoms with van der Waals surface area (Å²) in [4.78, 5) is 27.7. The van der Waals surface area contributed by atoms with Crippen molar-refractivity contribution in [1.82, 2.24) is 4.90 Å². The maximum Gasteiger partial charge on any atom is 0.253 e. The number of rotatable bonds is 6. The summed E-state index contributed by atoms with van der Waals surface area (Å²) in [6.45, 7) is 6.73. The zero-order valence-corrected chi connectivity index (χ0v) is 18.1. The number of carbonyl (C=O) groups is 2. The SMILES string of the molecule is CC(C)OCc1ccc(C(=O)N2CCC(C(=O)c3ccc4c(c3)OCCO4)CC2)cc1. The average Bonchev–Trinajstić information content (AvgIpc) is 2.82. The van der Waals surface area contributed by atoms with E-state index in [9.17, 15) is 9.59 Å². The van der Waals surface area contributed by atoms with Crippen LogP contribution in [0.3, 0.4) is 0 Å². The minimum absolute atomic E-state index is 0.0153. The Morgan fingerprint density at radius 3 is 2.29 bits per heavy atom. The third-order valence-electron chi connectivity index (χ3n) is 5.76. The highest BCUT2D eigenvalue weighted by atomic mass is 16.6. The quantitative estimate of drug-likeness (QED) is 0.654. The number of nitrogens with zero attached hydrogens (tertiary/aromatic N) is 1. The molecule has 31 heavy (non-hydrogen) atoms. The molecule has 0 radical (unpaired) electrons. The van der Waals surface area contributed by atoms with Crippen molar-refractivity contribution in [3.8, 4) is 11.5 Å². The standard InChI is InChI=1S/C25H29NO5/c1-17(2)31-16-18-3-5-20(6-4-18)25(28)26-11-9-19(10-12-26)24(27)21-7-8-22-23(15-21)30-14-13-29-22/h3-8,15,17,19H,9-14,16H2,1-2H3. The molecule has 0 saturated carbocycles. The van der Waals surface area contributed by atoms with Crippen LogP contribution in [0.4, 0.5) is 0 Å². The van der Waals surface area contributed by atoms with Gasteiger partial charge in [-0.15, -0.1) is 0 Å². The molecule has 2 aliphatic rings. The van der Waals surface area contributed by atoms with Gasteiger partial charge in [0.25, 0.3) is 5.91 Å². The summed E-state index contributed by atoms with van der Waals surface area (Å²) in [5.74, 6) is 1.36. The highest BCUT2D eigenvalue weighted by Crippen LogP contribution is 2.32. The number of carbonyl (C=O) groups excluding carboxylic acids is 2. The van der Waals surface area contributed by atoms with Crippen LogP contribution in [0.2, 0.25) is 0 Å². The Bertz CT molecular complexity index is 929. The zero-order valence-electron chi connectivity index (χ0n) is 18.1. The highest BCUT2D eigenvalue weighted by molar-refractivity contribution is 5.99. The molecule has 0 spiro atoms. The molecule has 0 N–H and O–H groups in total. The number of amides is 1. The molecular weight excluding hydrogens is 394 g/mol. The van der Waals surface area contributed by atoms with E-state index in [0.29, 0.717) is 68.4 Å². The molecule has 164 valence electrons. The monoisotopic (exact) mass is 423 g/mol. The molecule has 4 rings (SSSR count). The maximum atomic E-state index is 13.0. The lowest BCUT2D eigenvalue weighted by atomic mass is 9.88. The van der Waals surface area contributed by atoms with Gasteiger partial charge < -0.3 is 19.1 Å². The second-order valence-corrected chi connectivity index (χ2v) is 8.35. The number of ether oxygens (including phenoxy) is 3. The Morgan fingerprint density at radius 1 is 0.968 bits per heavy atom. The summed E-state index contributed by atoms with van der Waals surface area (Å²) < 4.78 is 16.7. The van der Waals surface area contributed by atoms with E-state index in [1.165, 1.54) is 0 Å². The summed E-state index contributed by atoms with van der Waals surface area (Å²) in [7, 11) is 0. The van der Waals surface area contributed by atoms with Crippen molar-refractivity contribution in [2.45, 2.75) is 39.4 Å². The molecule has 0 unspecified atom stereocenters. The molecule has 2 aliphatic heterocycles. The van der Waals surface area contributed by atoms with Gasteiger partial charge in [0.2, 0.25) is 0 Å². The molecule has 0 aliphatic carbocycles. The van der Waals surface area contributed by atoms with E-state index >= 15 is 0 Å². The van der Waals surface area contributed by atoms with E-state index in [4.69, 9.17) is 14.2 Å². The van der Waals surface area contributed by atoms with Crippen LogP contribution < -0.4 is 9.47 Å². The van der Waals surface area contributed by atoms with Gasteiger partial charge in [-0.1, -0.05) is 12.1 Å². The topological polar surface area (TPSA) is 65.1 Å². The van der Waals surface area contributed by atoms with Crippen LogP contribution in [0.1, 0.15) is 53.0 Å². The second kappa shape index (κ2) is 9.52. The van der Waals surface area contributed by atoms with Gasteiger partial charge in [0, 0.05) is 30.1 Å². The van der Waals surface area contributed by atoms with Gasteiger partial charge in [-0.25, -0.2) is 0 Å². The first-order valence-electron chi connectivity index (χ1n) is 10.9. The lowest BCUT2D eigenvalue weighted by Gasteiger charge is -2.31. The molecule has 2 aromatic carbocycles. The highest BCUT2D eigenvalue weighted by Gasteiger charge is 2.29. The number of piperidine rings is 1. The Hall–Kier alpha value is -2.86. The average molecular weight is 424 g/mol. The Morgan fingerprint density at radius 2 is 1.61 bits per heavy atom. The largest absolute Gasteiger partial charge is 0.486 e. The van der Waals surface area contributed by atoms with Crippen molar-refractivity contribution in [3.63, 3.8) is 0 Å². The van der Waals surface area contributed by atoms with E-state index < -0.39 is 0 Å². The minimum Gasteiger partial charge on any atom is -0.486 e. The first kappa shape index (κ1) is 21.4. The molecule has 0 aromatic heterocycles. The van der Waals surface area contributed by atoms with E-state index in [-0.39, 0.29) is 23.7 Å². The molecular formula is C25H29NO5. The number of hydrogen-bond donors (Lipinski definition) is 0. The summed E-state index contributed by atoms with van der Waals surface area (Å²) in [5, 5.41) is 0. The van der Waals surface area contributed by atoms with Crippen LogP contribution in [0.15, 0.2) is 42.5 Å². The van der Waals surface area contributed by atoms with Crippen molar-refractivity contribution in [2.24, 2.45) is 5.92 Å². The van der Waals surface area contributed by atoms with E-state index in [2.05, 4.69) is 0 Å². The lowest BCUT2D eigenvalue weighted by Crippen LogP contribution is -2.40. The lowest BCUT2D eigenvalue weighted by molar-refractivity contribution is 0.0643. The molecule has 6 nitrogen and oxygen atoms in total. The van der Waals surface area contributed by atoms with E-state index in [1.54, 1.807) is 18.2 Å². The van der Waals surface area contributed by atoms with Crippen molar-refractivity contribution >= 4 is 11.7 Å². The second-order valence-electron chi connectivity index (χ2n) is 8.35. The first-order valence-corrected chi connectivity index (χ1v) is 10.9. The number of benzene rings is 2. The van der Waals surface area contributed by atoms with Crippen molar-refractivity contribution in [1.29, 1.82) is 0 Å². The zero-order chi connectivity index (χ0) is 21.8. The minimum atomic E-state index is -0.0813. The molecule has 0 atom stereocenters. The fraction of sp³-hybridized carbons (Fsp3) is 0.440. The predicted molar refractivity (Wildman–Crippen MR) is 117 cm³/mol. The maximum absolute atomic E-state index is 13.0. The van der Waals surface area contributed by atoms with Gasteiger partial charge in [-0.3, -0.25) is 9.59 Å². The van der Waals surface area contributed by atoms with Crippen molar-refractivity contribution in [3.05, 3.63) is 59.2 Å². The smallest absolute Gasteiger partial charge is 0.253 e. The fourth-order valence-electron chi connectivity index (χ4n) is 3.97. The van der Waals surface area contributed by atoms with Gasteiger partial charge in [0.15, 0.2) is 17.3 Å². The van der Waals surface area contributed by atoms with E-state index in [0.717, 1.165) is 5.56 Å². The third kappa shape index (κ3) is 5.07.